The molecule has 4 heterocycles. The van der Waals surface area contributed by atoms with Crippen LogP contribution < -0.4 is 10.6 Å². The monoisotopic (exact) mass is 485 g/mol. The number of hydrogen-bond donors (Lipinski definition) is 2. The van der Waals surface area contributed by atoms with Crippen LogP contribution in [0.4, 0.5) is 10.6 Å². The van der Waals surface area contributed by atoms with Gasteiger partial charge in [-0.2, -0.15) is 9.61 Å². The summed E-state index contributed by atoms with van der Waals surface area (Å²) in [5.41, 5.74) is 2.68. The number of nitrogens with one attached hydrogen (secondary N) is 2. The van der Waals surface area contributed by atoms with Crippen LogP contribution in [0.3, 0.4) is 0 Å². The molecule has 1 fully saturated rings. The smallest absolute Gasteiger partial charge is 0.317 e. The molecule has 0 atom stereocenters. The Morgan fingerprint density at radius 3 is 2.71 bits per heavy atom. The van der Waals surface area contributed by atoms with Gasteiger partial charge in [-0.25, -0.2) is 9.78 Å². The number of piperidine rings is 1. The highest BCUT2D eigenvalue weighted by atomic mass is 79.9. The lowest BCUT2D eigenvalue weighted by Crippen LogP contribution is -2.50. The second kappa shape index (κ2) is 8.82. The van der Waals surface area contributed by atoms with Gasteiger partial charge in [0.25, 0.3) is 0 Å². The number of carbonyl (C=O) groups excluding carboxylic acids is 1. The fourth-order valence-corrected chi connectivity index (χ4v) is 4.11. The van der Waals surface area contributed by atoms with Gasteiger partial charge in [0.2, 0.25) is 0 Å². The Morgan fingerprint density at radius 2 is 2.03 bits per heavy atom. The van der Waals surface area contributed by atoms with Gasteiger partial charge in [-0.3, -0.25) is 4.98 Å². The van der Waals surface area contributed by atoms with E-state index in [0.29, 0.717) is 12.5 Å². The number of anilines is 1. The minimum absolute atomic E-state index is 0.00622. The molecule has 0 saturated carbocycles. The second-order valence-electron chi connectivity index (χ2n) is 8.95. The molecule has 3 aromatic heterocycles. The zero-order valence-electron chi connectivity index (χ0n) is 18.1. The number of rotatable bonds is 4. The summed E-state index contributed by atoms with van der Waals surface area (Å²) in [5.74, 6) is 1.19. The van der Waals surface area contributed by atoms with Crippen molar-refractivity contribution in [3.8, 4) is 0 Å². The first-order valence-electron chi connectivity index (χ1n) is 10.5. The normalized spacial score (nSPS) is 15.3. The third kappa shape index (κ3) is 5.15. The number of pyridine rings is 1. The van der Waals surface area contributed by atoms with Crippen LogP contribution in [0.15, 0.2) is 41.3 Å². The van der Waals surface area contributed by atoms with E-state index in [1.807, 2.05) is 48.5 Å². The molecule has 2 N–H and O–H groups in total. The predicted molar refractivity (Wildman–Crippen MR) is 124 cm³/mol. The molecule has 9 heteroatoms. The van der Waals surface area contributed by atoms with Crippen molar-refractivity contribution < 1.29 is 4.79 Å². The SMILES string of the molecule is CC(C)(C)NC(=O)N1CCC(c2cc(NCc3cccnc3)n3ncc(Br)c3n2)CC1. The number of halogens is 1. The maximum absolute atomic E-state index is 12.5. The second-order valence-corrected chi connectivity index (χ2v) is 9.80. The molecule has 164 valence electrons. The highest BCUT2D eigenvalue weighted by Crippen LogP contribution is 2.30. The maximum atomic E-state index is 12.5. The maximum Gasteiger partial charge on any atom is 0.317 e. The fraction of sp³-hybridized carbons (Fsp3) is 0.455. The van der Waals surface area contributed by atoms with Crippen molar-refractivity contribution in [3.63, 3.8) is 0 Å². The summed E-state index contributed by atoms with van der Waals surface area (Å²) in [6.07, 6.45) is 7.15. The van der Waals surface area contributed by atoms with Gasteiger partial charge in [0.05, 0.1) is 10.7 Å². The van der Waals surface area contributed by atoms with Crippen molar-refractivity contribution in [2.45, 2.75) is 51.6 Å². The summed E-state index contributed by atoms with van der Waals surface area (Å²) in [6, 6.07) is 6.06. The van der Waals surface area contributed by atoms with Crippen molar-refractivity contribution in [1.82, 2.24) is 29.8 Å². The highest BCUT2D eigenvalue weighted by Gasteiger charge is 2.27. The summed E-state index contributed by atoms with van der Waals surface area (Å²) < 4.78 is 2.68. The molecule has 0 radical (unpaired) electrons. The third-order valence-electron chi connectivity index (χ3n) is 5.33. The number of hydrogen-bond acceptors (Lipinski definition) is 5. The molecule has 1 saturated heterocycles. The van der Waals surface area contributed by atoms with E-state index in [1.54, 1.807) is 12.4 Å². The number of urea groups is 1. The lowest BCUT2D eigenvalue weighted by molar-refractivity contribution is 0.172. The van der Waals surface area contributed by atoms with Gasteiger partial charge in [-0.05, 0) is 61.2 Å². The third-order valence-corrected chi connectivity index (χ3v) is 5.89. The van der Waals surface area contributed by atoms with E-state index in [1.165, 1.54) is 0 Å². The molecule has 0 spiro atoms. The first kappa shape index (κ1) is 21.5. The Balaban J connectivity index is 1.50. The first-order chi connectivity index (χ1) is 14.8. The summed E-state index contributed by atoms with van der Waals surface area (Å²) in [7, 11) is 0. The average molecular weight is 486 g/mol. The number of fused-ring (bicyclic) bond motifs is 1. The van der Waals surface area contributed by atoms with Crippen LogP contribution in [0.1, 0.15) is 50.8 Å². The van der Waals surface area contributed by atoms with E-state index in [0.717, 1.165) is 53.1 Å². The van der Waals surface area contributed by atoms with Crippen molar-refractivity contribution in [2.24, 2.45) is 0 Å². The topological polar surface area (TPSA) is 87.5 Å². The fourth-order valence-electron chi connectivity index (χ4n) is 3.76. The summed E-state index contributed by atoms with van der Waals surface area (Å²) in [4.78, 5) is 23.4. The molecule has 1 aliphatic rings. The molecular weight excluding hydrogens is 458 g/mol. The number of amides is 2. The number of aromatic nitrogens is 4. The van der Waals surface area contributed by atoms with E-state index in [9.17, 15) is 4.79 Å². The molecule has 0 unspecified atom stereocenters. The molecule has 8 nitrogen and oxygen atoms in total. The first-order valence-corrected chi connectivity index (χ1v) is 11.3. The van der Waals surface area contributed by atoms with Crippen LogP contribution in [0, 0.1) is 0 Å². The predicted octanol–water partition coefficient (Wildman–Crippen LogP) is 4.19. The molecule has 31 heavy (non-hydrogen) atoms. The Labute approximate surface area is 190 Å². The highest BCUT2D eigenvalue weighted by molar-refractivity contribution is 9.10. The van der Waals surface area contributed by atoms with Crippen LogP contribution in [0.25, 0.3) is 5.65 Å². The van der Waals surface area contributed by atoms with Crippen LogP contribution in [0.2, 0.25) is 0 Å². The van der Waals surface area contributed by atoms with E-state index in [2.05, 4.69) is 42.7 Å². The number of likely N-dealkylation sites (tertiary alicyclic amines) is 1. The lowest BCUT2D eigenvalue weighted by Gasteiger charge is -2.34. The molecule has 0 aromatic carbocycles. The van der Waals surface area contributed by atoms with Crippen LogP contribution in [0.5, 0.6) is 0 Å². The molecule has 3 aromatic rings. The van der Waals surface area contributed by atoms with Gasteiger partial charge >= 0.3 is 6.03 Å². The number of nitrogens with zero attached hydrogens (tertiary/aromatic N) is 5. The molecule has 1 aliphatic heterocycles. The van der Waals surface area contributed by atoms with Crippen LogP contribution >= 0.6 is 15.9 Å². The van der Waals surface area contributed by atoms with Gasteiger partial charge in [0, 0.05) is 55.2 Å². The molecule has 4 rings (SSSR count). The van der Waals surface area contributed by atoms with E-state index < -0.39 is 0 Å². The average Bonchev–Trinajstić information content (AvgIpc) is 3.12. The Bertz CT molecular complexity index is 1050. The van der Waals surface area contributed by atoms with Gasteiger partial charge < -0.3 is 15.5 Å². The Hall–Kier alpha value is -2.68. The lowest BCUT2D eigenvalue weighted by atomic mass is 9.93. The van der Waals surface area contributed by atoms with Crippen molar-refractivity contribution >= 4 is 33.4 Å². The minimum atomic E-state index is -0.232. The van der Waals surface area contributed by atoms with Crippen molar-refractivity contribution in [2.75, 3.05) is 18.4 Å². The van der Waals surface area contributed by atoms with Crippen molar-refractivity contribution in [1.29, 1.82) is 0 Å². The van der Waals surface area contributed by atoms with Crippen molar-refractivity contribution in [3.05, 3.63) is 52.5 Å². The molecule has 2 amide bonds. The van der Waals surface area contributed by atoms with Gasteiger partial charge in [0.15, 0.2) is 5.65 Å². The molecule has 0 aliphatic carbocycles. The molecule has 0 bridgehead atoms. The standard InChI is InChI=1S/C22H28BrN7O/c1-22(2,3)28-21(31)29-9-6-16(7-10-29)18-11-19(25-13-15-5-4-8-24-12-15)30-20(27-18)17(23)14-26-30/h4-5,8,11-12,14,16,25H,6-7,9-10,13H2,1-3H3,(H,28,31). The quantitative estimate of drug-likeness (QED) is 0.578. The molecular formula is C22H28BrN7O. The van der Waals surface area contributed by atoms with Crippen LogP contribution in [-0.2, 0) is 6.54 Å². The summed E-state index contributed by atoms with van der Waals surface area (Å²) in [6.45, 7) is 8.09. The van der Waals surface area contributed by atoms with E-state index in [4.69, 9.17) is 4.98 Å². The Morgan fingerprint density at radius 1 is 1.26 bits per heavy atom. The van der Waals surface area contributed by atoms with E-state index in [-0.39, 0.29) is 11.6 Å². The van der Waals surface area contributed by atoms with Gasteiger partial charge in [0.1, 0.15) is 5.82 Å². The largest absolute Gasteiger partial charge is 0.366 e. The van der Waals surface area contributed by atoms with Crippen LogP contribution in [-0.4, -0.2) is 49.1 Å². The van der Waals surface area contributed by atoms with Gasteiger partial charge in [-0.1, -0.05) is 6.07 Å². The zero-order chi connectivity index (χ0) is 22.0. The number of carbonyl (C=O) groups is 1. The zero-order valence-corrected chi connectivity index (χ0v) is 19.7. The van der Waals surface area contributed by atoms with Gasteiger partial charge in [-0.15, -0.1) is 0 Å². The minimum Gasteiger partial charge on any atom is -0.366 e. The summed E-state index contributed by atoms with van der Waals surface area (Å²) in [5, 5.41) is 11.0. The van der Waals surface area contributed by atoms with E-state index >= 15 is 0 Å². The Kier molecular flexibility index (Phi) is 6.13. The summed E-state index contributed by atoms with van der Waals surface area (Å²) >= 11 is 3.57.